The van der Waals surface area contributed by atoms with Gasteiger partial charge in [0.2, 0.25) is 5.91 Å². The first-order valence-corrected chi connectivity index (χ1v) is 6.05. The van der Waals surface area contributed by atoms with Crippen LogP contribution in [-0.4, -0.2) is 28.0 Å². The standard InChI is InChI=1S/C12H22N4O/c1-4-9(2)11(13)12(17)15-6-5-10-14-7-8-16(10)3/h7-9,11H,4-6,13H2,1-3H3,(H,15,17)/t9-,11-/m0/s1. The van der Waals surface area contributed by atoms with Crippen molar-refractivity contribution in [2.24, 2.45) is 18.7 Å². The molecule has 96 valence electrons. The van der Waals surface area contributed by atoms with E-state index in [0.717, 1.165) is 18.7 Å². The zero-order valence-electron chi connectivity index (χ0n) is 10.8. The van der Waals surface area contributed by atoms with Crippen molar-refractivity contribution in [3.8, 4) is 0 Å². The first kappa shape index (κ1) is 13.7. The molecule has 1 rings (SSSR count). The van der Waals surface area contributed by atoms with Crippen LogP contribution in [0.4, 0.5) is 0 Å². The summed E-state index contributed by atoms with van der Waals surface area (Å²) in [5.41, 5.74) is 5.83. The van der Waals surface area contributed by atoms with Crippen molar-refractivity contribution in [2.75, 3.05) is 6.54 Å². The molecule has 1 amide bonds. The molecule has 0 bridgehead atoms. The third kappa shape index (κ3) is 3.85. The first-order chi connectivity index (χ1) is 8.06. The Hall–Kier alpha value is -1.36. The van der Waals surface area contributed by atoms with Crippen molar-refractivity contribution < 1.29 is 4.79 Å². The lowest BCUT2D eigenvalue weighted by atomic mass is 9.99. The second-order valence-corrected chi connectivity index (χ2v) is 4.41. The number of aryl methyl sites for hydroxylation is 1. The van der Waals surface area contributed by atoms with Crippen LogP contribution < -0.4 is 11.1 Å². The molecule has 1 aromatic heterocycles. The molecule has 17 heavy (non-hydrogen) atoms. The largest absolute Gasteiger partial charge is 0.354 e. The van der Waals surface area contributed by atoms with Gasteiger partial charge in [-0.2, -0.15) is 0 Å². The van der Waals surface area contributed by atoms with Crippen LogP contribution in [0.25, 0.3) is 0 Å². The van der Waals surface area contributed by atoms with Gasteiger partial charge in [-0.05, 0) is 5.92 Å². The van der Waals surface area contributed by atoms with Crippen LogP contribution in [0.3, 0.4) is 0 Å². The van der Waals surface area contributed by atoms with E-state index in [4.69, 9.17) is 5.73 Å². The van der Waals surface area contributed by atoms with Crippen LogP contribution >= 0.6 is 0 Å². The highest BCUT2D eigenvalue weighted by molar-refractivity contribution is 5.81. The van der Waals surface area contributed by atoms with E-state index in [0.29, 0.717) is 6.54 Å². The Labute approximate surface area is 102 Å². The molecule has 0 saturated heterocycles. The van der Waals surface area contributed by atoms with E-state index in [1.165, 1.54) is 0 Å². The zero-order valence-corrected chi connectivity index (χ0v) is 10.8. The molecule has 0 unspecified atom stereocenters. The highest BCUT2D eigenvalue weighted by Crippen LogP contribution is 2.05. The Morgan fingerprint density at radius 3 is 2.88 bits per heavy atom. The van der Waals surface area contributed by atoms with E-state index >= 15 is 0 Å². The number of hydrogen-bond acceptors (Lipinski definition) is 3. The van der Waals surface area contributed by atoms with Gasteiger partial charge >= 0.3 is 0 Å². The highest BCUT2D eigenvalue weighted by atomic mass is 16.2. The molecule has 0 spiro atoms. The highest BCUT2D eigenvalue weighted by Gasteiger charge is 2.18. The Bertz CT molecular complexity index is 361. The van der Waals surface area contributed by atoms with Crippen molar-refractivity contribution in [3.63, 3.8) is 0 Å². The number of nitrogens with two attached hydrogens (primary N) is 1. The van der Waals surface area contributed by atoms with E-state index in [-0.39, 0.29) is 11.8 Å². The van der Waals surface area contributed by atoms with Crippen molar-refractivity contribution in [1.29, 1.82) is 0 Å². The van der Waals surface area contributed by atoms with Gasteiger partial charge in [0.15, 0.2) is 0 Å². The summed E-state index contributed by atoms with van der Waals surface area (Å²) in [4.78, 5) is 15.9. The summed E-state index contributed by atoms with van der Waals surface area (Å²) in [5, 5.41) is 2.85. The summed E-state index contributed by atoms with van der Waals surface area (Å²) in [6, 6.07) is -0.415. The summed E-state index contributed by atoms with van der Waals surface area (Å²) in [7, 11) is 1.94. The monoisotopic (exact) mass is 238 g/mol. The maximum Gasteiger partial charge on any atom is 0.237 e. The summed E-state index contributed by atoms with van der Waals surface area (Å²) >= 11 is 0. The fourth-order valence-corrected chi connectivity index (χ4v) is 1.57. The van der Waals surface area contributed by atoms with Crippen LogP contribution in [0.2, 0.25) is 0 Å². The number of carbonyl (C=O) groups excluding carboxylic acids is 1. The van der Waals surface area contributed by atoms with Crippen LogP contribution in [0.1, 0.15) is 26.1 Å². The van der Waals surface area contributed by atoms with Crippen molar-refractivity contribution >= 4 is 5.91 Å². The fourth-order valence-electron chi connectivity index (χ4n) is 1.57. The lowest BCUT2D eigenvalue weighted by Gasteiger charge is -2.17. The molecule has 0 radical (unpaired) electrons. The van der Waals surface area contributed by atoms with Gasteiger partial charge in [0.1, 0.15) is 5.82 Å². The van der Waals surface area contributed by atoms with Gasteiger partial charge in [0.05, 0.1) is 6.04 Å². The summed E-state index contributed by atoms with van der Waals surface area (Å²) < 4.78 is 1.95. The van der Waals surface area contributed by atoms with E-state index in [2.05, 4.69) is 10.3 Å². The van der Waals surface area contributed by atoms with Crippen molar-refractivity contribution in [1.82, 2.24) is 14.9 Å². The van der Waals surface area contributed by atoms with Gasteiger partial charge < -0.3 is 15.6 Å². The number of nitrogens with zero attached hydrogens (tertiary/aromatic N) is 2. The number of nitrogens with one attached hydrogen (secondary N) is 1. The Balaban J connectivity index is 2.32. The minimum absolute atomic E-state index is 0.0754. The maximum absolute atomic E-state index is 11.7. The van der Waals surface area contributed by atoms with E-state index in [9.17, 15) is 4.79 Å². The minimum atomic E-state index is -0.415. The number of hydrogen-bond donors (Lipinski definition) is 2. The molecular formula is C12H22N4O. The summed E-state index contributed by atoms with van der Waals surface area (Å²) in [6.07, 6.45) is 5.28. The van der Waals surface area contributed by atoms with Gasteiger partial charge in [-0.15, -0.1) is 0 Å². The average molecular weight is 238 g/mol. The predicted octanol–water partition coefficient (Wildman–Crippen LogP) is 0.452. The molecule has 2 atom stereocenters. The molecule has 5 nitrogen and oxygen atoms in total. The average Bonchev–Trinajstić information content (AvgIpc) is 2.73. The summed E-state index contributed by atoms with van der Waals surface area (Å²) in [6.45, 7) is 4.60. The third-order valence-corrected chi connectivity index (χ3v) is 3.13. The van der Waals surface area contributed by atoms with Crippen LogP contribution in [0.15, 0.2) is 12.4 Å². The molecule has 0 aliphatic carbocycles. The number of aromatic nitrogens is 2. The number of amides is 1. The van der Waals surface area contributed by atoms with Crippen LogP contribution in [0, 0.1) is 5.92 Å². The van der Waals surface area contributed by atoms with E-state index in [1.54, 1.807) is 6.20 Å². The molecule has 3 N–H and O–H groups in total. The normalized spacial score (nSPS) is 14.4. The number of rotatable bonds is 6. The lowest BCUT2D eigenvalue weighted by molar-refractivity contribution is -0.123. The molecule has 0 aliphatic rings. The van der Waals surface area contributed by atoms with Gasteiger partial charge in [0.25, 0.3) is 0 Å². The van der Waals surface area contributed by atoms with Gasteiger partial charge in [0, 0.05) is 32.4 Å². The predicted molar refractivity (Wildman–Crippen MR) is 67.4 cm³/mol. The molecular weight excluding hydrogens is 216 g/mol. The minimum Gasteiger partial charge on any atom is -0.354 e. The fraction of sp³-hybridized carbons (Fsp3) is 0.667. The molecule has 1 aromatic rings. The third-order valence-electron chi connectivity index (χ3n) is 3.13. The quantitative estimate of drug-likeness (QED) is 0.756. The Kier molecular flexibility index (Phi) is 5.15. The summed E-state index contributed by atoms with van der Waals surface area (Å²) in [5.74, 6) is 1.10. The Morgan fingerprint density at radius 1 is 1.65 bits per heavy atom. The SMILES string of the molecule is CC[C@H](C)[C@H](N)C(=O)NCCc1nccn1C. The number of imidazole rings is 1. The number of carbonyl (C=O) groups is 1. The van der Waals surface area contributed by atoms with E-state index < -0.39 is 6.04 Å². The lowest BCUT2D eigenvalue weighted by Crippen LogP contribution is -2.45. The van der Waals surface area contributed by atoms with Gasteiger partial charge in [-0.25, -0.2) is 4.98 Å². The second-order valence-electron chi connectivity index (χ2n) is 4.41. The topological polar surface area (TPSA) is 72.9 Å². The smallest absolute Gasteiger partial charge is 0.237 e. The maximum atomic E-state index is 11.7. The molecule has 0 aliphatic heterocycles. The van der Waals surface area contributed by atoms with Crippen molar-refractivity contribution in [3.05, 3.63) is 18.2 Å². The Morgan fingerprint density at radius 2 is 2.35 bits per heavy atom. The van der Waals surface area contributed by atoms with Crippen molar-refractivity contribution in [2.45, 2.75) is 32.7 Å². The van der Waals surface area contributed by atoms with E-state index in [1.807, 2.05) is 31.7 Å². The zero-order chi connectivity index (χ0) is 12.8. The van der Waals surface area contributed by atoms with Crippen LogP contribution in [0.5, 0.6) is 0 Å². The molecule has 0 fully saturated rings. The van der Waals surface area contributed by atoms with Gasteiger partial charge in [-0.3, -0.25) is 4.79 Å². The molecule has 5 heteroatoms. The first-order valence-electron chi connectivity index (χ1n) is 6.05. The van der Waals surface area contributed by atoms with Crippen LogP contribution in [-0.2, 0) is 18.3 Å². The molecule has 0 aromatic carbocycles. The molecule has 0 saturated carbocycles. The second kappa shape index (κ2) is 6.39. The molecule has 1 heterocycles. The van der Waals surface area contributed by atoms with Gasteiger partial charge in [-0.1, -0.05) is 20.3 Å².